The molecule has 7 nitrogen and oxygen atoms in total. The lowest BCUT2D eigenvalue weighted by molar-refractivity contribution is 0.0696. The molecule has 1 aliphatic heterocycles. The minimum Gasteiger partial charge on any atom is -0.478 e. The first kappa shape index (κ1) is 17.4. The molecule has 4 rings (SSSR count). The van der Waals surface area contributed by atoms with Crippen molar-refractivity contribution in [1.82, 2.24) is 24.6 Å². The third-order valence-electron chi connectivity index (χ3n) is 4.95. The van der Waals surface area contributed by atoms with Gasteiger partial charge in [-0.2, -0.15) is 5.10 Å². The third kappa shape index (κ3) is 3.88. The van der Waals surface area contributed by atoms with E-state index in [0.29, 0.717) is 11.6 Å². The van der Waals surface area contributed by atoms with Crippen LogP contribution in [0.5, 0.6) is 0 Å². The number of carboxylic acid groups (broad SMARTS) is 1. The van der Waals surface area contributed by atoms with E-state index >= 15 is 0 Å². The van der Waals surface area contributed by atoms with Crippen molar-refractivity contribution in [2.24, 2.45) is 0 Å². The molecule has 2 aromatic heterocycles. The van der Waals surface area contributed by atoms with Gasteiger partial charge >= 0.3 is 5.97 Å². The average Bonchev–Trinajstić information content (AvgIpc) is 3.17. The summed E-state index contributed by atoms with van der Waals surface area (Å²) in [5.41, 5.74) is 2.99. The zero-order valence-corrected chi connectivity index (χ0v) is 14.9. The van der Waals surface area contributed by atoms with Crippen LogP contribution in [0.4, 0.5) is 0 Å². The third-order valence-corrected chi connectivity index (χ3v) is 4.95. The second-order valence-corrected chi connectivity index (χ2v) is 6.82. The first-order valence-electron chi connectivity index (χ1n) is 9.05. The van der Waals surface area contributed by atoms with Crippen LogP contribution in [0.2, 0.25) is 0 Å². The summed E-state index contributed by atoms with van der Waals surface area (Å²) in [7, 11) is 0. The van der Waals surface area contributed by atoms with Gasteiger partial charge in [-0.15, -0.1) is 0 Å². The molecule has 1 atom stereocenters. The highest BCUT2D eigenvalue weighted by Crippen LogP contribution is 2.26. The number of rotatable bonds is 5. The lowest BCUT2D eigenvalue weighted by atomic mass is 9.94. The Morgan fingerprint density at radius 3 is 2.96 bits per heavy atom. The molecule has 7 heteroatoms. The van der Waals surface area contributed by atoms with Crippen molar-refractivity contribution in [2.45, 2.75) is 25.3 Å². The van der Waals surface area contributed by atoms with Gasteiger partial charge in [0, 0.05) is 42.7 Å². The molecule has 0 radical (unpaired) electrons. The molecular weight excluding hydrogens is 342 g/mol. The van der Waals surface area contributed by atoms with E-state index in [4.69, 9.17) is 0 Å². The summed E-state index contributed by atoms with van der Waals surface area (Å²) in [6, 6.07) is 8.90. The molecule has 1 fully saturated rings. The van der Waals surface area contributed by atoms with Gasteiger partial charge in [-0.05, 0) is 37.6 Å². The SMILES string of the molecule is O=C(O)c1ccccc1-n1cc(CN2CCCC(c3ccncn3)C2)cn1. The maximum atomic E-state index is 11.4. The molecule has 1 aliphatic rings. The standard InChI is InChI=1S/C20H21N5O2/c26-20(27)17-5-1-2-6-19(17)25-12-15(10-23-25)11-24-9-3-4-16(13-24)18-7-8-21-14-22-18/h1-2,5-8,10,12,14,16H,3-4,9,11,13H2,(H,26,27). The Bertz CT molecular complexity index is 925. The molecule has 1 N–H and O–H groups in total. The second kappa shape index (κ2) is 7.67. The summed E-state index contributed by atoms with van der Waals surface area (Å²) in [6.45, 7) is 2.78. The van der Waals surface area contributed by atoms with Crippen LogP contribution in [-0.4, -0.2) is 48.8 Å². The maximum Gasteiger partial charge on any atom is 0.337 e. The predicted molar refractivity (Wildman–Crippen MR) is 99.8 cm³/mol. The van der Waals surface area contributed by atoms with E-state index in [9.17, 15) is 9.90 Å². The molecule has 0 bridgehead atoms. The lowest BCUT2D eigenvalue weighted by Crippen LogP contribution is -2.34. The van der Waals surface area contributed by atoms with Crippen molar-refractivity contribution in [3.63, 3.8) is 0 Å². The molecule has 0 aliphatic carbocycles. The first-order chi connectivity index (χ1) is 13.2. The summed E-state index contributed by atoms with van der Waals surface area (Å²) >= 11 is 0. The topological polar surface area (TPSA) is 84.1 Å². The summed E-state index contributed by atoms with van der Waals surface area (Å²) in [5.74, 6) is -0.532. The van der Waals surface area contributed by atoms with Gasteiger partial charge in [-0.25, -0.2) is 19.4 Å². The minimum absolute atomic E-state index is 0.244. The van der Waals surface area contributed by atoms with Gasteiger partial charge in [0.15, 0.2) is 0 Å². The Balaban J connectivity index is 1.48. The Labute approximate surface area is 157 Å². The number of benzene rings is 1. The number of likely N-dealkylation sites (tertiary alicyclic amines) is 1. The molecule has 3 aromatic rings. The lowest BCUT2D eigenvalue weighted by Gasteiger charge is -2.32. The van der Waals surface area contributed by atoms with Crippen LogP contribution in [0.25, 0.3) is 5.69 Å². The van der Waals surface area contributed by atoms with E-state index in [-0.39, 0.29) is 5.56 Å². The van der Waals surface area contributed by atoms with Crippen LogP contribution >= 0.6 is 0 Å². The number of carboxylic acids is 1. The van der Waals surface area contributed by atoms with Gasteiger partial charge in [-0.3, -0.25) is 4.90 Å². The number of hydrogen-bond acceptors (Lipinski definition) is 5. The Kier molecular flexibility index (Phi) is 4.93. The molecule has 0 saturated carbocycles. The molecule has 27 heavy (non-hydrogen) atoms. The highest BCUT2D eigenvalue weighted by Gasteiger charge is 2.22. The Hall–Kier alpha value is -3.06. The van der Waals surface area contributed by atoms with Crippen LogP contribution < -0.4 is 0 Å². The average molecular weight is 363 g/mol. The Morgan fingerprint density at radius 1 is 1.26 bits per heavy atom. The number of piperidine rings is 1. The molecule has 0 spiro atoms. The van der Waals surface area contributed by atoms with Gasteiger partial charge < -0.3 is 5.11 Å². The number of hydrogen-bond donors (Lipinski definition) is 1. The van der Waals surface area contributed by atoms with E-state index in [0.717, 1.165) is 43.7 Å². The molecule has 1 unspecified atom stereocenters. The van der Waals surface area contributed by atoms with Crippen LogP contribution in [0, 0.1) is 0 Å². The van der Waals surface area contributed by atoms with E-state index < -0.39 is 5.97 Å². The van der Waals surface area contributed by atoms with Crippen LogP contribution in [-0.2, 0) is 6.54 Å². The van der Waals surface area contributed by atoms with Gasteiger partial charge in [0.1, 0.15) is 6.33 Å². The van der Waals surface area contributed by atoms with Crippen molar-refractivity contribution < 1.29 is 9.90 Å². The van der Waals surface area contributed by atoms with Crippen LogP contribution in [0.15, 0.2) is 55.2 Å². The van der Waals surface area contributed by atoms with Gasteiger partial charge in [0.05, 0.1) is 17.4 Å². The monoisotopic (exact) mass is 363 g/mol. The molecule has 1 aromatic carbocycles. The fourth-order valence-electron chi connectivity index (χ4n) is 3.67. The fourth-order valence-corrected chi connectivity index (χ4v) is 3.67. The van der Waals surface area contributed by atoms with Crippen LogP contribution in [0.3, 0.4) is 0 Å². The van der Waals surface area contributed by atoms with Crippen molar-refractivity contribution in [3.8, 4) is 5.69 Å². The quantitative estimate of drug-likeness (QED) is 0.750. The van der Waals surface area contributed by atoms with Crippen molar-refractivity contribution in [1.29, 1.82) is 0 Å². The van der Waals surface area contributed by atoms with Gasteiger partial charge in [0.25, 0.3) is 0 Å². The number of para-hydroxylation sites is 1. The Morgan fingerprint density at radius 2 is 2.15 bits per heavy atom. The number of aromatic carboxylic acids is 1. The maximum absolute atomic E-state index is 11.4. The highest BCUT2D eigenvalue weighted by atomic mass is 16.4. The first-order valence-corrected chi connectivity index (χ1v) is 9.05. The van der Waals surface area contributed by atoms with E-state index in [2.05, 4.69) is 20.0 Å². The fraction of sp³-hybridized carbons (Fsp3) is 0.300. The summed E-state index contributed by atoms with van der Waals surface area (Å²) in [5, 5.41) is 13.8. The van der Waals surface area contributed by atoms with E-state index in [1.807, 2.05) is 24.5 Å². The molecule has 138 valence electrons. The molecule has 3 heterocycles. The normalized spacial score (nSPS) is 17.7. The van der Waals surface area contributed by atoms with Gasteiger partial charge in [-0.1, -0.05) is 12.1 Å². The summed E-state index contributed by atoms with van der Waals surface area (Å²) in [4.78, 5) is 22.2. The molecule has 1 saturated heterocycles. The molecular formula is C20H21N5O2. The van der Waals surface area contributed by atoms with Crippen LogP contribution in [0.1, 0.15) is 40.4 Å². The second-order valence-electron chi connectivity index (χ2n) is 6.82. The summed E-state index contributed by atoms with van der Waals surface area (Å²) < 4.78 is 1.64. The van der Waals surface area contributed by atoms with Crippen molar-refractivity contribution in [3.05, 3.63) is 72.1 Å². The smallest absolute Gasteiger partial charge is 0.337 e. The van der Waals surface area contributed by atoms with Crippen molar-refractivity contribution in [2.75, 3.05) is 13.1 Å². The predicted octanol–water partition coefficient (Wildman–Crippen LogP) is 2.74. The minimum atomic E-state index is -0.952. The molecule has 0 amide bonds. The van der Waals surface area contributed by atoms with E-state index in [1.165, 1.54) is 0 Å². The zero-order valence-electron chi connectivity index (χ0n) is 14.9. The number of carbonyl (C=O) groups is 1. The van der Waals surface area contributed by atoms with Gasteiger partial charge in [0.2, 0.25) is 0 Å². The number of nitrogens with zero attached hydrogens (tertiary/aromatic N) is 5. The van der Waals surface area contributed by atoms with Crippen molar-refractivity contribution >= 4 is 5.97 Å². The van der Waals surface area contributed by atoms with E-state index in [1.54, 1.807) is 35.4 Å². The summed E-state index contributed by atoms with van der Waals surface area (Å²) in [6.07, 6.45) is 9.40. The largest absolute Gasteiger partial charge is 0.478 e. The zero-order chi connectivity index (χ0) is 18.6. The highest BCUT2D eigenvalue weighted by molar-refractivity contribution is 5.91. The number of aromatic nitrogens is 4.